The van der Waals surface area contributed by atoms with Crippen LogP contribution >= 0.6 is 0 Å². The monoisotopic (exact) mass is 386 g/mol. The molecule has 3 rings (SSSR count). The highest BCUT2D eigenvalue weighted by Gasteiger charge is 2.40. The van der Waals surface area contributed by atoms with Gasteiger partial charge in [0.15, 0.2) is 0 Å². The lowest BCUT2D eigenvalue weighted by molar-refractivity contribution is -0.137. The summed E-state index contributed by atoms with van der Waals surface area (Å²) >= 11 is 0. The van der Waals surface area contributed by atoms with Gasteiger partial charge in [-0.1, -0.05) is 18.9 Å². The number of fused-ring (bicyclic) bond motifs is 1. The predicted molar refractivity (Wildman–Crippen MR) is 110 cm³/mol. The number of rotatable bonds is 5. The summed E-state index contributed by atoms with van der Waals surface area (Å²) < 4.78 is 5.27. The van der Waals surface area contributed by atoms with Gasteiger partial charge in [-0.2, -0.15) is 0 Å². The Hall–Kier alpha value is -2.04. The highest BCUT2D eigenvalue weighted by Crippen LogP contribution is 2.30. The van der Waals surface area contributed by atoms with Crippen LogP contribution in [0.5, 0.6) is 5.75 Å². The second-order valence-electron chi connectivity index (χ2n) is 8.22. The average molecular weight is 387 g/mol. The molecule has 2 atom stereocenters. The number of methoxy groups -OCH3 is 1. The number of aryl methyl sites for hydroxylation is 2. The smallest absolute Gasteiger partial charge is 0.222 e. The first-order chi connectivity index (χ1) is 13.5. The molecule has 2 heterocycles. The van der Waals surface area contributed by atoms with Crippen molar-refractivity contribution in [2.45, 2.75) is 77.3 Å². The van der Waals surface area contributed by atoms with Crippen LogP contribution in [0.1, 0.15) is 63.0 Å². The van der Waals surface area contributed by atoms with Gasteiger partial charge in [0.2, 0.25) is 11.8 Å². The summed E-state index contributed by atoms with van der Waals surface area (Å²) in [6, 6.07) is 6.56. The zero-order valence-electron chi connectivity index (χ0n) is 17.6. The molecule has 2 amide bonds. The van der Waals surface area contributed by atoms with Gasteiger partial charge < -0.3 is 14.5 Å². The van der Waals surface area contributed by atoms with Crippen molar-refractivity contribution in [3.05, 3.63) is 29.3 Å². The van der Waals surface area contributed by atoms with Crippen LogP contribution in [0, 0.1) is 6.92 Å². The lowest BCUT2D eigenvalue weighted by atomic mass is 9.96. The first-order valence-corrected chi connectivity index (χ1v) is 10.7. The maximum atomic E-state index is 13.1. The third-order valence-electron chi connectivity index (χ3n) is 6.42. The average Bonchev–Trinajstić information content (AvgIpc) is 3.06. The van der Waals surface area contributed by atoms with Crippen molar-refractivity contribution in [3.8, 4) is 5.75 Å². The largest absolute Gasteiger partial charge is 0.497 e. The molecule has 5 heteroatoms. The molecular weight excluding hydrogens is 352 g/mol. The minimum absolute atomic E-state index is 0.149. The summed E-state index contributed by atoms with van der Waals surface area (Å²) in [5.41, 5.74) is 2.49. The standard InChI is InChI=1S/C23H34N2O3/c1-17-16-20(28-3)12-11-19(17)8-7-10-23(27)25-14-6-4-5-9-21-22(25)13-15-24(21)18(2)26/h11-12,16,21-22H,4-10,13-15H2,1-3H3/t21-,22+/m1/s1. The molecule has 0 aromatic heterocycles. The van der Waals surface area contributed by atoms with Crippen LogP contribution < -0.4 is 4.74 Å². The van der Waals surface area contributed by atoms with Gasteiger partial charge in [0.05, 0.1) is 19.2 Å². The number of likely N-dealkylation sites (tertiary alicyclic amines) is 2. The summed E-state index contributed by atoms with van der Waals surface area (Å²) in [5.74, 6) is 1.28. The summed E-state index contributed by atoms with van der Waals surface area (Å²) in [7, 11) is 1.68. The Balaban J connectivity index is 1.60. The van der Waals surface area contributed by atoms with E-state index in [0.717, 1.165) is 63.8 Å². The topological polar surface area (TPSA) is 49.9 Å². The molecule has 2 aliphatic heterocycles. The lowest BCUT2D eigenvalue weighted by Crippen LogP contribution is -2.50. The summed E-state index contributed by atoms with van der Waals surface area (Å²) in [4.78, 5) is 29.2. The number of amides is 2. The summed E-state index contributed by atoms with van der Waals surface area (Å²) in [6.07, 6.45) is 7.67. The molecule has 0 radical (unpaired) electrons. The molecule has 1 aromatic carbocycles. The fourth-order valence-corrected chi connectivity index (χ4v) is 4.88. The number of ether oxygens (including phenoxy) is 1. The molecule has 0 aliphatic carbocycles. The van der Waals surface area contributed by atoms with Gasteiger partial charge in [0.1, 0.15) is 5.75 Å². The minimum atomic E-state index is 0.149. The molecule has 0 unspecified atom stereocenters. The van der Waals surface area contributed by atoms with Crippen molar-refractivity contribution in [3.63, 3.8) is 0 Å². The number of hydrogen-bond acceptors (Lipinski definition) is 3. The molecule has 2 saturated heterocycles. The first-order valence-electron chi connectivity index (χ1n) is 10.7. The Morgan fingerprint density at radius 3 is 2.57 bits per heavy atom. The van der Waals surface area contributed by atoms with Gasteiger partial charge in [-0.3, -0.25) is 9.59 Å². The fourth-order valence-electron chi connectivity index (χ4n) is 4.88. The van der Waals surface area contributed by atoms with Crippen LogP contribution in [0.4, 0.5) is 0 Å². The van der Waals surface area contributed by atoms with E-state index < -0.39 is 0 Å². The van der Waals surface area contributed by atoms with E-state index in [9.17, 15) is 9.59 Å². The van der Waals surface area contributed by atoms with Crippen LogP contribution in [0.15, 0.2) is 18.2 Å². The van der Waals surface area contributed by atoms with E-state index in [1.54, 1.807) is 14.0 Å². The highest BCUT2D eigenvalue weighted by molar-refractivity contribution is 5.77. The zero-order chi connectivity index (χ0) is 20.1. The van der Waals surface area contributed by atoms with E-state index in [4.69, 9.17) is 4.74 Å². The predicted octanol–water partition coefficient (Wildman–Crippen LogP) is 3.72. The summed E-state index contributed by atoms with van der Waals surface area (Å²) in [5, 5.41) is 0. The number of carbonyl (C=O) groups excluding carboxylic acids is 2. The van der Waals surface area contributed by atoms with Gasteiger partial charge in [-0.05, 0) is 62.3 Å². The second kappa shape index (κ2) is 9.44. The van der Waals surface area contributed by atoms with Crippen LogP contribution in [0.3, 0.4) is 0 Å². The summed E-state index contributed by atoms with van der Waals surface area (Å²) in [6.45, 7) is 5.38. The quantitative estimate of drug-likeness (QED) is 0.775. The molecule has 1 aromatic rings. The Kier molecular flexibility index (Phi) is 6.97. The van der Waals surface area contributed by atoms with Gasteiger partial charge in [-0.15, -0.1) is 0 Å². The Bertz CT molecular complexity index is 703. The normalized spacial score (nSPS) is 22.4. The van der Waals surface area contributed by atoms with Gasteiger partial charge >= 0.3 is 0 Å². The van der Waals surface area contributed by atoms with Gasteiger partial charge in [0.25, 0.3) is 0 Å². The van der Waals surface area contributed by atoms with Crippen molar-refractivity contribution in [1.82, 2.24) is 9.80 Å². The lowest BCUT2D eigenvalue weighted by Gasteiger charge is -2.37. The number of benzene rings is 1. The van der Waals surface area contributed by atoms with Crippen molar-refractivity contribution >= 4 is 11.8 Å². The Morgan fingerprint density at radius 2 is 1.86 bits per heavy atom. The van der Waals surface area contributed by atoms with Crippen molar-refractivity contribution < 1.29 is 14.3 Å². The maximum Gasteiger partial charge on any atom is 0.222 e. The first kappa shape index (κ1) is 20.7. The molecule has 0 N–H and O–H groups in total. The van der Waals surface area contributed by atoms with Crippen LogP contribution in [0.25, 0.3) is 0 Å². The molecule has 2 aliphatic rings. The van der Waals surface area contributed by atoms with Crippen molar-refractivity contribution in [2.24, 2.45) is 0 Å². The van der Waals surface area contributed by atoms with Crippen molar-refractivity contribution in [1.29, 1.82) is 0 Å². The molecule has 154 valence electrons. The third-order valence-corrected chi connectivity index (χ3v) is 6.42. The van der Waals surface area contributed by atoms with E-state index in [-0.39, 0.29) is 23.9 Å². The molecule has 0 bridgehead atoms. The molecule has 0 saturated carbocycles. The van der Waals surface area contributed by atoms with Gasteiger partial charge in [-0.25, -0.2) is 0 Å². The third kappa shape index (κ3) is 4.68. The molecule has 0 spiro atoms. The Morgan fingerprint density at radius 1 is 1.07 bits per heavy atom. The van der Waals surface area contributed by atoms with E-state index in [0.29, 0.717) is 6.42 Å². The van der Waals surface area contributed by atoms with Crippen molar-refractivity contribution in [2.75, 3.05) is 20.2 Å². The zero-order valence-corrected chi connectivity index (χ0v) is 17.6. The number of nitrogens with zero attached hydrogens (tertiary/aromatic N) is 2. The van der Waals surface area contributed by atoms with E-state index in [1.807, 2.05) is 11.0 Å². The van der Waals surface area contributed by atoms with Crippen LogP contribution in [0.2, 0.25) is 0 Å². The van der Waals surface area contributed by atoms with E-state index in [2.05, 4.69) is 24.0 Å². The Labute approximate surface area is 169 Å². The maximum absolute atomic E-state index is 13.1. The van der Waals surface area contributed by atoms with Crippen LogP contribution in [-0.4, -0.2) is 53.9 Å². The van der Waals surface area contributed by atoms with E-state index in [1.165, 1.54) is 11.1 Å². The highest BCUT2D eigenvalue weighted by atomic mass is 16.5. The van der Waals surface area contributed by atoms with Gasteiger partial charge in [0, 0.05) is 26.4 Å². The number of carbonyl (C=O) groups is 2. The SMILES string of the molecule is COc1ccc(CCCC(=O)N2CCCCC[C@@H]3[C@@H]2CCN3C(C)=O)c(C)c1. The molecule has 5 nitrogen and oxygen atoms in total. The minimum Gasteiger partial charge on any atom is -0.497 e. The number of hydrogen-bond donors (Lipinski definition) is 0. The fraction of sp³-hybridized carbons (Fsp3) is 0.652. The van der Waals surface area contributed by atoms with Crippen LogP contribution in [-0.2, 0) is 16.0 Å². The molecule has 28 heavy (non-hydrogen) atoms. The molecular formula is C23H34N2O3. The van der Waals surface area contributed by atoms with E-state index >= 15 is 0 Å². The second-order valence-corrected chi connectivity index (χ2v) is 8.22. The molecule has 2 fully saturated rings.